The van der Waals surface area contributed by atoms with Crippen LogP contribution in [-0.2, 0) is 6.54 Å². The first-order chi connectivity index (χ1) is 10.2. The van der Waals surface area contributed by atoms with Gasteiger partial charge in [-0.15, -0.1) is 22.7 Å². The predicted molar refractivity (Wildman–Crippen MR) is 92.5 cm³/mol. The summed E-state index contributed by atoms with van der Waals surface area (Å²) in [7, 11) is 0. The second kappa shape index (κ2) is 4.70. The van der Waals surface area contributed by atoms with Crippen LogP contribution in [0.15, 0.2) is 12.1 Å². The van der Waals surface area contributed by atoms with Crippen LogP contribution in [0.2, 0.25) is 4.34 Å². The van der Waals surface area contributed by atoms with Gasteiger partial charge in [0.1, 0.15) is 0 Å². The molecule has 0 aromatic carbocycles. The minimum atomic E-state index is 0.476. The van der Waals surface area contributed by atoms with E-state index in [1.807, 2.05) is 11.3 Å². The Morgan fingerprint density at radius 2 is 1.71 bits per heavy atom. The summed E-state index contributed by atoms with van der Waals surface area (Å²) in [5.74, 6) is 3.07. The van der Waals surface area contributed by atoms with Crippen molar-refractivity contribution in [2.24, 2.45) is 17.8 Å². The summed E-state index contributed by atoms with van der Waals surface area (Å²) in [5.41, 5.74) is 0.476. The molecule has 4 aliphatic carbocycles. The minimum absolute atomic E-state index is 0.476. The molecule has 112 valence electrons. The van der Waals surface area contributed by atoms with Crippen molar-refractivity contribution in [3.05, 3.63) is 21.3 Å². The Kier molecular flexibility index (Phi) is 2.99. The minimum Gasteiger partial charge on any atom is -0.306 e. The molecule has 4 aliphatic rings. The fourth-order valence-corrected chi connectivity index (χ4v) is 8.20. The summed E-state index contributed by atoms with van der Waals surface area (Å²) >= 11 is 9.71. The van der Waals surface area contributed by atoms with Gasteiger partial charge in [0.05, 0.1) is 8.35 Å². The van der Waals surface area contributed by atoms with Gasteiger partial charge in [-0.25, -0.2) is 0 Å². The van der Waals surface area contributed by atoms with Crippen LogP contribution in [0, 0.1) is 17.8 Å². The summed E-state index contributed by atoms with van der Waals surface area (Å²) in [6.45, 7) is 1.05. The largest absolute Gasteiger partial charge is 0.306 e. The smallest absolute Gasteiger partial charge is 0.0949 e. The van der Waals surface area contributed by atoms with Gasteiger partial charge in [-0.1, -0.05) is 11.6 Å². The Labute approximate surface area is 138 Å². The van der Waals surface area contributed by atoms with Gasteiger partial charge >= 0.3 is 0 Å². The van der Waals surface area contributed by atoms with Crippen LogP contribution >= 0.6 is 34.3 Å². The van der Waals surface area contributed by atoms with Crippen LogP contribution in [0.4, 0.5) is 0 Å². The second-order valence-electron chi connectivity index (χ2n) is 7.56. The Morgan fingerprint density at radius 3 is 2.33 bits per heavy atom. The Hall–Kier alpha value is -0.0900. The molecule has 0 spiro atoms. The third-order valence-corrected chi connectivity index (χ3v) is 8.43. The third-order valence-electron chi connectivity index (χ3n) is 5.91. The van der Waals surface area contributed by atoms with Crippen LogP contribution in [-0.4, -0.2) is 5.54 Å². The van der Waals surface area contributed by atoms with Crippen molar-refractivity contribution in [1.82, 2.24) is 5.32 Å². The van der Waals surface area contributed by atoms with Crippen LogP contribution in [0.1, 0.15) is 43.4 Å². The van der Waals surface area contributed by atoms with E-state index in [0.717, 1.165) is 28.6 Å². The lowest BCUT2D eigenvalue weighted by molar-refractivity contribution is -0.0204. The average Bonchev–Trinajstić information content (AvgIpc) is 2.91. The zero-order chi connectivity index (χ0) is 14.0. The van der Waals surface area contributed by atoms with Gasteiger partial charge in [0, 0.05) is 22.3 Å². The fourth-order valence-electron chi connectivity index (χ4n) is 5.55. The van der Waals surface area contributed by atoms with Gasteiger partial charge < -0.3 is 5.32 Å². The van der Waals surface area contributed by atoms with E-state index in [4.69, 9.17) is 11.6 Å². The van der Waals surface area contributed by atoms with Crippen LogP contribution in [0.25, 0.3) is 9.40 Å². The molecule has 4 saturated carbocycles. The highest BCUT2D eigenvalue weighted by Gasteiger charge is 2.50. The second-order valence-corrected chi connectivity index (χ2v) is 10.6. The van der Waals surface area contributed by atoms with Crippen molar-refractivity contribution in [3.8, 4) is 0 Å². The first kappa shape index (κ1) is 13.4. The maximum absolute atomic E-state index is 6.07. The molecule has 1 N–H and O–H groups in total. The molecule has 4 heteroatoms. The van der Waals surface area contributed by atoms with Crippen molar-refractivity contribution < 1.29 is 0 Å². The van der Waals surface area contributed by atoms with Gasteiger partial charge in [0.25, 0.3) is 0 Å². The fraction of sp³-hybridized carbons (Fsp3) is 0.647. The monoisotopic (exact) mass is 337 g/mol. The van der Waals surface area contributed by atoms with Crippen molar-refractivity contribution >= 4 is 43.7 Å². The van der Waals surface area contributed by atoms with Crippen molar-refractivity contribution in [1.29, 1.82) is 0 Å². The number of halogens is 1. The van der Waals surface area contributed by atoms with E-state index in [0.29, 0.717) is 5.54 Å². The van der Waals surface area contributed by atoms with E-state index in [2.05, 4.69) is 17.4 Å². The van der Waals surface area contributed by atoms with Crippen LogP contribution < -0.4 is 5.32 Å². The molecule has 2 heterocycles. The first-order valence-corrected chi connectivity index (χ1v) is 10.1. The third kappa shape index (κ3) is 2.28. The lowest BCUT2D eigenvalue weighted by atomic mass is 9.53. The number of hydrogen-bond acceptors (Lipinski definition) is 3. The molecule has 0 atom stereocenters. The molecule has 1 nitrogen and oxygen atoms in total. The summed E-state index contributed by atoms with van der Waals surface area (Å²) in [6, 6.07) is 4.43. The van der Waals surface area contributed by atoms with E-state index in [1.54, 1.807) is 11.3 Å². The molecule has 0 amide bonds. The highest BCUT2D eigenvalue weighted by molar-refractivity contribution is 7.39. The lowest BCUT2D eigenvalue weighted by Gasteiger charge is -2.57. The average molecular weight is 338 g/mol. The van der Waals surface area contributed by atoms with E-state index in [1.165, 1.54) is 52.8 Å². The Balaban J connectivity index is 1.34. The zero-order valence-corrected chi connectivity index (χ0v) is 14.4. The number of hydrogen-bond donors (Lipinski definition) is 1. The Morgan fingerprint density at radius 1 is 1.05 bits per heavy atom. The van der Waals surface area contributed by atoms with Gasteiger partial charge in [0.2, 0.25) is 0 Å². The van der Waals surface area contributed by atoms with E-state index in [9.17, 15) is 0 Å². The van der Waals surface area contributed by atoms with Gasteiger partial charge in [0.15, 0.2) is 0 Å². The molecule has 4 fully saturated rings. The highest BCUT2D eigenvalue weighted by Crippen LogP contribution is 2.55. The number of thiophene rings is 2. The first-order valence-electron chi connectivity index (χ1n) is 8.10. The van der Waals surface area contributed by atoms with Crippen LogP contribution in [0.3, 0.4) is 0 Å². The summed E-state index contributed by atoms with van der Waals surface area (Å²) in [6.07, 6.45) is 8.87. The molecular formula is C17H20ClNS2. The van der Waals surface area contributed by atoms with Gasteiger partial charge in [-0.2, -0.15) is 0 Å². The molecule has 6 rings (SSSR count). The zero-order valence-electron chi connectivity index (χ0n) is 12.0. The van der Waals surface area contributed by atoms with Crippen LogP contribution in [0.5, 0.6) is 0 Å². The number of nitrogens with one attached hydrogen (secondary N) is 1. The topological polar surface area (TPSA) is 12.0 Å². The lowest BCUT2D eigenvalue weighted by Crippen LogP contribution is -2.58. The molecule has 21 heavy (non-hydrogen) atoms. The van der Waals surface area contributed by atoms with Crippen molar-refractivity contribution in [3.63, 3.8) is 0 Å². The van der Waals surface area contributed by atoms with Gasteiger partial charge in [-0.3, -0.25) is 0 Å². The molecule has 0 radical (unpaired) electrons. The van der Waals surface area contributed by atoms with Gasteiger partial charge in [-0.05, 0) is 68.4 Å². The predicted octanol–water partition coefficient (Wildman–Crippen LogP) is 5.67. The molecule has 0 saturated heterocycles. The Bertz CT molecular complexity index is 619. The van der Waals surface area contributed by atoms with Crippen molar-refractivity contribution in [2.45, 2.75) is 50.6 Å². The molecule has 0 aliphatic heterocycles. The summed E-state index contributed by atoms with van der Waals surface area (Å²) < 4.78 is 2.29. The van der Waals surface area contributed by atoms with Crippen molar-refractivity contribution in [2.75, 3.05) is 0 Å². The highest BCUT2D eigenvalue weighted by atomic mass is 35.5. The number of fused-ring (bicyclic) bond motifs is 1. The maximum atomic E-state index is 6.07. The molecule has 0 unspecified atom stereocenters. The summed E-state index contributed by atoms with van der Waals surface area (Å²) in [4.78, 5) is 1.48. The molecular weight excluding hydrogens is 318 g/mol. The normalized spacial score (nSPS) is 37.7. The van der Waals surface area contributed by atoms with E-state index >= 15 is 0 Å². The standard InChI is InChI=1S/C17H20ClNS2/c18-15-5-13-4-14(20-16(13)21-15)9-19-17-6-10-1-11(7-17)3-12(2-10)8-17/h4-5,10-12,19H,1-3,6-9H2. The quantitative estimate of drug-likeness (QED) is 0.760. The molecule has 4 bridgehead atoms. The molecule has 2 aromatic rings. The number of rotatable bonds is 3. The molecule has 2 aromatic heterocycles. The summed E-state index contributed by atoms with van der Waals surface area (Å²) in [5, 5.41) is 5.32. The van der Waals surface area contributed by atoms with E-state index in [-0.39, 0.29) is 0 Å². The maximum Gasteiger partial charge on any atom is 0.0949 e. The SMILES string of the molecule is Clc1cc2cc(CNC34CC5CC(CC(C5)C3)C4)sc2s1. The van der Waals surface area contributed by atoms with E-state index < -0.39 is 0 Å².